The second-order valence-electron chi connectivity index (χ2n) is 4.06. The van der Waals surface area contributed by atoms with Gasteiger partial charge in [-0.3, -0.25) is 4.79 Å². The molecule has 2 heterocycles. The van der Waals surface area contributed by atoms with Crippen LogP contribution in [0, 0.1) is 0 Å². The molecule has 1 aromatic carbocycles. The molecular formula is C14H12O4S. The van der Waals surface area contributed by atoms with Crippen molar-refractivity contribution < 1.29 is 19.0 Å². The number of ketones is 1. The number of Topliss-reactive ketones (excluding diaryl/α,β-unsaturated/α-hetero) is 1. The maximum Gasteiger partial charge on any atom is 0.231 e. The van der Waals surface area contributed by atoms with Crippen molar-refractivity contribution in [3.63, 3.8) is 0 Å². The Balaban J connectivity index is 1.58. The van der Waals surface area contributed by atoms with E-state index < -0.39 is 0 Å². The van der Waals surface area contributed by atoms with Crippen LogP contribution in [0.4, 0.5) is 0 Å². The maximum absolute atomic E-state index is 12.0. The molecule has 0 bridgehead atoms. The van der Waals surface area contributed by atoms with E-state index in [1.54, 1.807) is 29.5 Å². The van der Waals surface area contributed by atoms with Gasteiger partial charge in [0.1, 0.15) is 6.61 Å². The number of carbonyl (C=O) groups is 1. The van der Waals surface area contributed by atoms with Gasteiger partial charge in [-0.1, -0.05) is 6.07 Å². The number of fused-ring (bicyclic) bond motifs is 1. The summed E-state index contributed by atoms with van der Waals surface area (Å²) in [7, 11) is 0. The second kappa shape index (κ2) is 5.42. The lowest BCUT2D eigenvalue weighted by Crippen LogP contribution is -2.08. The number of rotatable bonds is 5. The summed E-state index contributed by atoms with van der Waals surface area (Å²) in [6.45, 7) is 0.743. The van der Waals surface area contributed by atoms with Crippen molar-refractivity contribution >= 4 is 17.1 Å². The Labute approximate surface area is 114 Å². The highest BCUT2D eigenvalue weighted by molar-refractivity contribution is 7.09. The van der Waals surface area contributed by atoms with Gasteiger partial charge in [-0.25, -0.2) is 0 Å². The number of hydrogen-bond acceptors (Lipinski definition) is 5. The van der Waals surface area contributed by atoms with E-state index in [1.807, 2.05) is 17.5 Å². The molecule has 0 radical (unpaired) electrons. The van der Waals surface area contributed by atoms with Gasteiger partial charge in [-0.15, -0.1) is 11.3 Å². The van der Waals surface area contributed by atoms with Gasteiger partial charge in [0.15, 0.2) is 17.3 Å². The number of thiophene rings is 1. The smallest absolute Gasteiger partial charge is 0.231 e. The summed E-state index contributed by atoms with van der Waals surface area (Å²) < 4.78 is 15.8. The highest BCUT2D eigenvalue weighted by Crippen LogP contribution is 2.32. The lowest BCUT2D eigenvalue weighted by Gasteiger charge is -2.03. The summed E-state index contributed by atoms with van der Waals surface area (Å²) in [5.74, 6) is 1.23. The summed E-state index contributed by atoms with van der Waals surface area (Å²) >= 11 is 1.61. The summed E-state index contributed by atoms with van der Waals surface area (Å²) in [4.78, 5) is 13.1. The monoisotopic (exact) mass is 276 g/mol. The van der Waals surface area contributed by atoms with Crippen LogP contribution in [-0.2, 0) is 11.3 Å². The molecule has 4 nitrogen and oxygen atoms in total. The summed E-state index contributed by atoms with van der Waals surface area (Å²) in [6.07, 6.45) is 0. The van der Waals surface area contributed by atoms with Gasteiger partial charge in [0, 0.05) is 10.4 Å². The normalized spacial score (nSPS) is 12.6. The first kappa shape index (κ1) is 12.2. The van der Waals surface area contributed by atoms with E-state index in [4.69, 9.17) is 14.2 Å². The lowest BCUT2D eigenvalue weighted by molar-refractivity contribution is 0.0731. The predicted molar refractivity (Wildman–Crippen MR) is 70.9 cm³/mol. The fraction of sp³-hybridized carbons (Fsp3) is 0.214. The molecule has 0 saturated carbocycles. The highest BCUT2D eigenvalue weighted by Gasteiger charge is 2.16. The molecule has 19 heavy (non-hydrogen) atoms. The molecule has 0 N–H and O–H groups in total. The van der Waals surface area contributed by atoms with Crippen LogP contribution < -0.4 is 9.47 Å². The van der Waals surface area contributed by atoms with Gasteiger partial charge in [-0.05, 0) is 29.6 Å². The van der Waals surface area contributed by atoms with Crippen LogP contribution >= 0.6 is 11.3 Å². The fourth-order valence-electron chi connectivity index (χ4n) is 1.79. The van der Waals surface area contributed by atoms with E-state index in [0.29, 0.717) is 23.7 Å². The zero-order chi connectivity index (χ0) is 13.1. The molecular weight excluding hydrogens is 264 g/mol. The summed E-state index contributed by atoms with van der Waals surface area (Å²) in [6, 6.07) is 9.11. The molecule has 0 spiro atoms. The molecule has 1 aliphatic heterocycles. The third-order valence-corrected chi connectivity index (χ3v) is 3.60. The summed E-state index contributed by atoms with van der Waals surface area (Å²) in [5.41, 5.74) is 0.579. The van der Waals surface area contributed by atoms with Crippen LogP contribution in [0.1, 0.15) is 15.2 Å². The predicted octanol–water partition coefficient (Wildman–Crippen LogP) is 2.88. The van der Waals surface area contributed by atoms with Crippen LogP contribution in [0.2, 0.25) is 0 Å². The number of ether oxygens (including phenoxy) is 3. The van der Waals surface area contributed by atoms with Crippen molar-refractivity contribution in [1.82, 2.24) is 0 Å². The number of hydrogen-bond donors (Lipinski definition) is 0. The van der Waals surface area contributed by atoms with Crippen molar-refractivity contribution in [2.45, 2.75) is 6.61 Å². The van der Waals surface area contributed by atoms with E-state index in [0.717, 1.165) is 4.88 Å². The lowest BCUT2D eigenvalue weighted by atomic mass is 10.1. The molecule has 3 rings (SSSR count). The minimum absolute atomic E-state index is 0.0603. The van der Waals surface area contributed by atoms with Crippen LogP contribution in [0.5, 0.6) is 11.5 Å². The SMILES string of the molecule is O=C(COCc1cccs1)c1ccc2c(c1)OCO2. The fourth-order valence-corrected chi connectivity index (χ4v) is 2.43. The molecule has 2 aromatic rings. The minimum atomic E-state index is -0.0603. The van der Waals surface area contributed by atoms with Gasteiger partial charge in [-0.2, -0.15) is 0 Å². The van der Waals surface area contributed by atoms with Crippen molar-refractivity contribution in [2.24, 2.45) is 0 Å². The van der Waals surface area contributed by atoms with E-state index >= 15 is 0 Å². The van der Waals surface area contributed by atoms with Gasteiger partial charge in [0.05, 0.1) is 6.61 Å². The Kier molecular flexibility index (Phi) is 3.48. The molecule has 0 saturated heterocycles. The first-order valence-corrected chi connectivity index (χ1v) is 6.74. The first-order valence-electron chi connectivity index (χ1n) is 5.86. The van der Waals surface area contributed by atoms with E-state index in [9.17, 15) is 4.79 Å². The maximum atomic E-state index is 12.0. The quantitative estimate of drug-likeness (QED) is 0.788. The van der Waals surface area contributed by atoms with E-state index in [-0.39, 0.29) is 19.2 Å². The molecule has 98 valence electrons. The zero-order valence-corrected chi connectivity index (χ0v) is 10.9. The highest BCUT2D eigenvalue weighted by atomic mass is 32.1. The molecule has 0 fully saturated rings. The number of carbonyl (C=O) groups excluding carboxylic acids is 1. The Morgan fingerprint density at radius 3 is 3.00 bits per heavy atom. The second-order valence-corrected chi connectivity index (χ2v) is 5.10. The minimum Gasteiger partial charge on any atom is -0.454 e. The zero-order valence-electron chi connectivity index (χ0n) is 10.1. The topological polar surface area (TPSA) is 44.8 Å². The molecule has 0 atom stereocenters. The van der Waals surface area contributed by atoms with Crippen LogP contribution in [0.3, 0.4) is 0 Å². The first-order chi connectivity index (χ1) is 9.33. The Morgan fingerprint density at radius 1 is 1.26 bits per heavy atom. The average molecular weight is 276 g/mol. The van der Waals surface area contributed by atoms with Crippen LogP contribution in [0.25, 0.3) is 0 Å². The van der Waals surface area contributed by atoms with Crippen LogP contribution in [-0.4, -0.2) is 19.2 Å². The van der Waals surface area contributed by atoms with Gasteiger partial charge < -0.3 is 14.2 Å². The standard InChI is InChI=1S/C14H12O4S/c15-12(8-16-7-11-2-1-5-19-11)10-3-4-13-14(6-10)18-9-17-13/h1-6H,7-9H2. The average Bonchev–Trinajstić information content (AvgIpc) is 3.08. The molecule has 1 aliphatic rings. The Bertz CT molecular complexity index is 577. The van der Waals surface area contributed by atoms with Crippen molar-refractivity contribution in [3.05, 3.63) is 46.2 Å². The molecule has 0 unspecified atom stereocenters. The van der Waals surface area contributed by atoms with Gasteiger partial charge >= 0.3 is 0 Å². The van der Waals surface area contributed by atoms with Gasteiger partial charge in [0.2, 0.25) is 6.79 Å². The van der Waals surface area contributed by atoms with E-state index in [2.05, 4.69) is 0 Å². The van der Waals surface area contributed by atoms with Crippen molar-refractivity contribution in [1.29, 1.82) is 0 Å². The van der Waals surface area contributed by atoms with Crippen molar-refractivity contribution in [2.75, 3.05) is 13.4 Å². The third kappa shape index (κ3) is 2.77. The van der Waals surface area contributed by atoms with E-state index in [1.165, 1.54) is 0 Å². The Morgan fingerprint density at radius 2 is 2.16 bits per heavy atom. The molecule has 0 aliphatic carbocycles. The Hall–Kier alpha value is -1.85. The van der Waals surface area contributed by atoms with Crippen LogP contribution in [0.15, 0.2) is 35.7 Å². The van der Waals surface area contributed by atoms with Gasteiger partial charge in [0.25, 0.3) is 0 Å². The molecule has 1 aromatic heterocycles. The largest absolute Gasteiger partial charge is 0.454 e. The third-order valence-electron chi connectivity index (χ3n) is 2.75. The van der Waals surface area contributed by atoms with Crippen molar-refractivity contribution in [3.8, 4) is 11.5 Å². The summed E-state index contributed by atoms with van der Waals surface area (Å²) in [5, 5.41) is 1.98. The number of benzene rings is 1. The molecule has 5 heteroatoms. The molecule has 0 amide bonds.